The van der Waals surface area contributed by atoms with Gasteiger partial charge in [-0.15, -0.1) is 0 Å². The molecular weight excluding hydrogens is 348 g/mol. The number of fused-ring (bicyclic) bond motifs is 2. The molecule has 2 aliphatic rings. The zero-order chi connectivity index (χ0) is 18.9. The molecule has 3 atom stereocenters. The molecule has 3 rings (SSSR count). The van der Waals surface area contributed by atoms with E-state index in [1.807, 2.05) is 32.0 Å². The molecule has 5 nitrogen and oxygen atoms in total. The van der Waals surface area contributed by atoms with E-state index in [2.05, 4.69) is 5.32 Å². The summed E-state index contributed by atoms with van der Waals surface area (Å²) in [4.78, 5) is 12.3. The topological polar surface area (TPSA) is 66.5 Å². The van der Waals surface area contributed by atoms with Crippen LogP contribution in [0.3, 0.4) is 0 Å². The van der Waals surface area contributed by atoms with Crippen LogP contribution in [-0.2, 0) is 14.8 Å². The molecule has 1 N–H and O–H groups in total. The number of anilines is 1. The number of aryl methyl sites for hydroxylation is 2. The molecule has 2 saturated carbocycles. The summed E-state index contributed by atoms with van der Waals surface area (Å²) >= 11 is 0. The number of sulfonamides is 1. The van der Waals surface area contributed by atoms with E-state index in [9.17, 15) is 13.2 Å². The Morgan fingerprint density at radius 1 is 1.15 bits per heavy atom. The van der Waals surface area contributed by atoms with Crippen LogP contribution in [0.2, 0.25) is 0 Å². The number of hydrogen-bond donors (Lipinski definition) is 1. The van der Waals surface area contributed by atoms with Crippen LogP contribution in [0.25, 0.3) is 0 Å². The Balaban J connectivity index is 1.55. The van der Waals surface area contributed by atoms with Gasteiger partial charge in [-0.1, -0.05) is 12.5 Å². The third kappa shape index (κ3) is 4.58. The maximum absolute atomic E-state index is 12.3. The third-order valence-electron chi connectivity index (χ3n) is 5.74. The summed E-state index contributed by atoms with van der Waals surface area (Å²) in [5.74, 6) is 1.51. The van der Waals surface area contributed by atoms with Gasteiger partial charge in [-0.25, -0.2) is 8.42 Å². The fourth-order valence-corrected chi connectivity index (χ4v) is 5.61. The van der Waals surface area contributed by atoms with E-state index >= 15 is 0 Å². The first-order valence-electron chi connectivity index (χ1n) is 9.58. The summed E-state index contributed by atoms with van der Waals surface area (Å²) in [7, 11) is -3.38. The molecule has 1 aromatic rings. The number of hydrogen-bond acceptors (Lipinski definition) is 3. The van der Waals surface area contributed by atoms with Gasteiger partial charge in [-0.3, -0.25) is 9.10 Å². The molecule has 6 heteroatoms. The van der Waals surface area contributed by atoms with Crippen LogP contribution in [0.4, 0.5) is 5.69 Å². The quantitative estimate of drug-likeness (QED) is 0.792. The van der Waals surface area contributed by atoms with Gasteiger partial charge < -0.3 is 5.32 Å². The second kappa shape index (κ2) is 7.59. The van der Waals surface area contributed by atoms with Crippen LogP contribution in [0, 0.1) is 25.7 Å². The molecule has 2 aliphatic carbocycles. The minimum absolute atomic E-state index is 0.0522. The summed E-state index contributed by atoms with van der Waals surface area (Å²) < 4.78 is 25.9. The Morgan fingerprint density at radius 3 is 2.38 bits per heavy atom. The summed E-state index contributed by atoms with van der Waals surface area (Å²) in [5, 5.41) is 3.17. The standard InChI is InChI=1S/C20H30N2O3S/c1-14-9-15(2)11-18(10-14)22(26(3,24)25)8-4-5-20(23)21-19-13-16-6-7-17(19)12-16/h9-11,16-17,19H,4-8,12-13H2,1-3H3,(H,21,23)/t16-,17-,19-/m0/s1. The van der Waals surface area contributed by atoms with Gasteiger partial charge in [0.05, 0.1) is 11.9 Å². The summed E-state index contributed by atoms with van der Waals surface area (Å²) in [6.07, 6.45) is 7.05. The molecule has 2 fully saturated rings. The average Bonchev–Trinajstić information content (AvgIpc) is 3.11. The van der Waals surface area contributed by atoms with Gasteiger partial charge in [0.25, 0.3) is 0 Å². The van der Waals surface area contributed by atoms with Gasteiger partial charge in [0.15, 0.2) is 0 Å². The van der Waals surface area contributed by atoms with Gasteiger partial charge >= 0.3 is 0 Å². The smallest absolute Gasteiger partial charge is 0.232 e. The highest BCUT2D eigenvalue weighted by Gasteiger charge is 2.39. The lowest BCUT2D eigenvalue weighted by Crippen LogP contribution is -2.39. The van der Waals surface area contributed by atoms with Gasteiger partial charge in [-0.05, 0) is 74.6 Å². The summed E-state index contributed by atoms with van der Waals surface area (Å²) in [5.41, 5.74) is 2.74. The number of nitrogens with one attached hydrogen (secondary N) is 1. The van der Waals surface area contributed by atoms with E-state index in [1.54, 1.807) is 0 Å². The Labute approximate surface area is 157 Å². The van der Waals surface area contributed by atoms with Crippen LogP contribution in [0.5, 0.6) is 0 Å². The molecule has 0 saturated heterocycles. The van der Waals surface area contributed by atoms with E-state index in [-0.39, 0.29) is 5.91 Å². The lowest BCUT2D eigenvalue weighted by molar-refractivity contribution is -0.122. The summed E-state index contributed by atoms with van der Waals surface area (Å²) in [6.45, 7) is 4.24. The van der Waals surface area contributed by atoms with Crippen molar-refractivity contribution in [2.45, 2.75) is 58.4 Å². The Hall–Kier alpha value is -1.56. The number of rotatable bonds is 7. The van der Waals surface area contributed by atoms with E-state index < -0.39 is 10.0 Å². The number of benzene rings is 1. The van der Waals surface area contributed by atoms with Crippen molar-refractivity contribution in [1.29, 1.82) is 0 Å². The van der Waals surface area contributed by atoms with Crippen molar-refractivity contribution in [3.8, 4) is 0 Å². The molecule has 0 heterocycles. The van der Waals surface area contributed by atoms with Crippen molar-refractivity contribution in [3.05, 3.63) is 29.3 Å². The maximum Gasteiger partial charge on any atom is 0.232 e. The third-order valence-corrected chi connectivity index (χ3v) is 6.94. The maximum atomic E-state index is 12.3. The monoisotopic (exact) mass is 378 g/mol. The zero-order valence-corrected chi connectivity index (χ0v) is 16.8. The molecule has 0 unspecified atom stereocenters. The van der Waals surface area contributed by atoms with Crippen LogP contribution >= 0.6 is 0 Å². The largest absolute Gasteiger partial charge is 0.353 e. The summed E-state index contributed by atoms with van der Waals surface area (Å²) in [6, 6.07) is 6.12. The molecule has 1 amide bonds. The number of nitrogens with zero attached hydrogens (tertiary/aromatic N) is 1. The second-order valence-electron chi connectivity index (χ2n) is 8.13. The second-order valence-corrected chi connectivity index (χ2v) is 10.0. The molecule has 0 aliphatic heterocycles. The van der Waals surface area contributed by atoms with Crippen LogP contribution in [0.15, 0.2) is 18.2 Å². The van der Waals surface area contributed by atoms with E-state index in [0.717, 1.165) is 23.5 Å². The lowest BCUT2D eigenvalue weighted by Gasteiger charge is -2.24. The normalized spacial score (nSPS) is 24.7. The average molecular weight is 379 g/mol. The first kappa shape index (κ1) is 19.2. The molecule has 144 valence electrons. The van der Waals surface area contributed by atoms with Crippen molar-refractivity contribution in [3.63, 3.8) is 0 Å². The number of amides is 1. The van der Waals surface area contributed by atoms with Crippen LogP contribution in [-0.4, -0.2) is 33.2 Å². The molecule has 0 spiro atoms. The molecule has 2 bridgehead atoms. The highest BCUT2D eigenvalue weighted by Crippen LogP contribution is 2.44. The fraction of sp³-hybridized carbons (Fsp3) is 0.650. The number of carbonyl (C=O) groups is 1. The van der Waals surface area contributed by atoms with Gasteiger partial charge in [-0.2, -0.15) is 0 Å². The fourth-order valence-electron chi connectivity index (χ4n) is 4.66. The molecule has 1 aromatic carbocycles. The molecule has 26 heavy (non-hydrogen) atoms. The van der Waals surface area contributed by atoms with E-state index in [1.165, 1.54) is 29.8 Å². The minimum Gasteiger partial charge on any atom is -0.353 e. The minimum atomic E-state index is -3.38. The van der Waals surface area contributed by atoms with Gasteiger partial charge in [0.1, 0.15) is 0 Å². The van der Waals surface area contributed by atoms with Crippen LogP contribution in [0.1, 0.15) is 49.7 Å². The SMILES string of the molecule is Cc1cc(C)cc(N(CCCC(=O)N[C@H]2C[C@H]3CC[C@H]2C3)S(C)(=O)=O)c1. The van der Waals surface area contributed by atoms with Gasteiger partial charge in [0, 0.05) is 19.0 Å². The Morgan fingerprint density at radius 2 is 1.85 bits per heavy atom. The van der Waals surface area contributed by atoms with Crippen molar-refractivity contribution in [2.24, 2.45) is 11.8 Å². The highest BCUT2D eigenvalue weighted by molar-refractivity contribution is 7.92. The molecular formula is C20H30N2O3S. The van der Waals surface area contributed by atoms with Crippen molar-refractivity contribution in [1.82, 2.24) is 5.32 Å². The van der Waals surface area contributed by atoms with Crippen LogP contribution < -0.4 is 9.62 Å². The van der Waals surface area contributed by atoms with Crippen molar-refractivity contribution in [2.75, 3.05) is 17.1 Å². The van der Waals surface area contributed by atoms with Crippen molar-refractivity contribution >= 4 is 21.6 Å². The predicted molar refractivity (Wildman–Crippen MR) is 105 cm³/mol. The van der Waals surface area contributed by atoms with E-state index in [4.69, 9.17) is 0 Å². The first-order chi connectivity index (χ1) is 12.2. The zero-order valence-electron chi connectivity index (χ0n) is 16.0. The molecule has 0 radical (unpaired) electrons. The Kier molecular flexibility index (Phi) is 5.61. The van der Waals surface area contributed by atoms with Gasteiger partial charge in [0.2, 0.25) is 15.9 Å². The van der Waals surface area contributed by atoms with E-state index in [0.29, 0.717) is 37.0 Å². The number of carbonyl (C=O) groups excluding carboxylic acids is 1. The molecule has 0 aromatic heterocycles. The predicted octanol–water partition coefficient (Wildman–Crippen LogP) is 3.15. The lowest BCUT2D eigenvalue weighted by atomic mass is 9.95. The first-order valence-corrected chi connectivity index (χ1v) is 11.4. The highest BCUT2D eigenvalue weighted by atomic mass is 32.2. The Bertz CT molecular complexity index is 755. The van der Waals surface area contributed by atoms with Crippen molar-refractivity contribution < 1.29 is 13.2 Å².